The second kappa shape index (κ2) is 9.86. The Balaban J connectivity index is 1.68. The Morgan fingerprint density at radius 3 is 2.31 bits per heavy atom. The van der Waals surface area contributed by atoms with Gasteiger partial charge in [-0.1, -0.05) is 6.92 Å². The lowest BCUT2D eigenvalue weighted by atomic mass is 9.99. The second-order valence-electron chi connectivity index (χ2n) is 7.57. The largest absolute Gasteiger partial charge is 0.381 e. The summed E-state index contributed by atoms with van der Waals surface area (Å²) in [6, 6.07) is 4.95. The Morgan fingerprint density at radius 1 is 1.14 bits per heavy atom. The number of hydrogen-bond donors (Lipinski definition) is 1. The van der Waals surface area contributed by atoms with Crippen LogP contribution in [0.3, 0.4) is 0 Å². The van der Waals surface area contributed by atoms with Crippen LogP contribution >= 0.6 is 0 Å². The molecule has 1 N–H and O–H groups in total. The van der Waals surface area contributed by atoms with E-state index in [4.69, 9.17) is 4.74 Å². The van der Waals surface area contributed by atoms with Gasteiger partial charge in [-0.05, 0) is 56.4 Å². The zero-order chi connectivity index (χ0) is 20.9. The van der Waals surface area contributed by atoms with E-state index in [1.54, 1.807) is 0 Å². The van der Waals surface area contributed by atoms with Gasteiger partial charge in [0.25, 0.3) is 0 Å². The number of urea groups is 1. The molecule has 0 unspecified atom stereocenters. The number of rotatable bonds is 6. The van der Waals surface area contributed by atoms with Gasteiger partial charge in [0.2, 0.25) is 10.0 Å². The Kier molecular flexibility index (Phi) is 7.48. The van der Waals surface area contributed by atoms with Crippen molar-refractivity contribution in [3.63, 3.8) is 0 Å². The molecule has 0 saturated carbocycles. The summed E-state index contributed by atoms with van der Waals surface area (Å²) in [7, 11) is -3.66. The molecule has 1 aromatic carbocycles. The molecular weight excluding hydrogens is 397 g/mol. The van der Waals surface area contributed by atoms with E-state index in [0.29, 0.717) is 45.7 Å². The van der Waals surface area contributed by atoms with Crippen LogP contribution in [-0.4, -0.2) is 68.6 Å². The van der Waals surface area contributed by atoms with Gasteiger partial charge in [-0.25, -0.2) is 17.6 Å². The normalized spacial score (nSPS) is 19.8. The summed E-state index contributed by atoms with van der Waals surface area (Å²) in [4.78, 5) is 14.9. The predicted molar refractivity (Wildman–Crippen MR) is 108 cm³/mol. The topological polar surface area (TPSA) is 79.0 Å². The molecule has 0 aromatic heterocycles. The number of carbonyl (C=O) groups is 1. The van der Waals surface area contributed by atoms with Crippen molar-refractivity contribution in [1.29, 1.82) is 0 Å². The number of amides is 2. The van der Waals surface area contributed by atoms with Crippen LogP contribution in [0, 0.1) is 5.82 Å². The van der Waals surface area contributed by atoms with Crippen molar-refractivity contribution in [2.24, 2.45) is 0 Å². The highest BCUT2D eigenvalue weighted by atomic mass is 32.2. The summed E-state index contributed by atoms with van der Waals surface area (Å²) in [5.41, 5.74) is 0. The van der Waals surface area contributed by atoms with E-state index >= 15 is 0 Å². The highest BCUT2D eigenvalue weighted by Gasteiger charge is 2.36. The Bertz CT molecular complexity index is 773. The van der Waals surface area contributed by atoms with Gasteiger partial charge >= 0.3 is 6.03 Å². The minimum atomic E-state index is -3.66. The number of hydrogen-bond acceptors (Lipinski definition) is 4. The number of carbonyl (C=O) groups excluding carboxylic acids is 1. The van der Waals surface area contributed by atoms with E-state index in [9.17, 15) is 17.6 Å². The predicted octanol–water partition coefficient (Wildman–Crippen LogP) is 2.58. The highest BCUT2D eigenvalue weighted by Crippen LogP contribution is 2.27. The van der Waals surface area contributed by atoms with Crippen molar-refractivity contribution in [3.05, 3.63) is 30.1 Å². The minimum absolute atomic E-state index is 0.00498. The van der Waals surface area contributed by atoms with Gasteiger partial charge < -0.3 is 15.0 Å². The van der Waals surface area contributed by atoms with Crippen molar-refractivity contribution in [2.75, 3.05) is 32.8 Å². The van der Waals surface area contributed by atoms with Gasteiger partial charge in [0.05, 0.1) is 4.90 Å². The van der Waals surface area contributed by atoms with Crippen molar-refractivity contribution in [2.45, 2.75) is 56.0 Å². The molecule has 2 heterocycles. The molecule has 29 heavy (non-hydrogen) atoms. The number of sulfonamides is 1. The minimum Gasteiger partial charge on any atom is -0.381 e. The molecule has 2 amide bonds. The van der Waals surface area contributed by atoms with Gasteiger partial charge in [0.1, 0.15) is 5.82 Å². The molecule has 2 aliphatic rings. The van der Waals surface area contributed by atoms with Crippen LogP contribution in [0.5, 0.6) is 0 Å². The molecule has 0 spiro atoms. The zero-order valence-electron chi connectivity index (χ0n) is 16.8. The molecule has 1 aromatic rings. The second-order valence-corrected chi connectivity index (χ2v) is 9.51. The highest BCUT2D eigenvalue weighted by molar-refractivity contribution is 7.89. The number of halogens is 1. The van der Waals surface area contributed by atoms with Gasteiger partial charge in [-0.15, -0.1) is 0 Å². The van der Waals surface area contributed by atoms with Gasteiger partial charge in [0, 0.05) is 44.9 Å². The van der Waals surface area contributed by atoms with Crippen LogP contribution in [0.15, 0.2) is 29.2 Å². The third kappa shape index (κ3) is 5.26. The lowest BCUT2D eigenvalue weighted by Crippen LogP contribution is -2.56. The van der Waals surface area contributed by atoms with Crippen LogP contribution in [0.1, 0.15) is 39.0 Å². The van der Waals surface area contributed by atoms with Crippen LogP contribution in [0.2, 0.25) is 0 Å². The summed E-state index contributed by atoms with van der Waals surface area (Å²) >= 11 is 0. The van der Waals surface area contributed by atoms with E-state index in [1.165, 1.54) is 16.4 Å². The number of benzene rings is 1. The van der Waals surface area contributed by atoms with Gasteiger partial charge in [-0.3, -0.25) is 0 Å². The fraction of sp³-hybridized carbons (Fsp3) is 0.650. The molecule has 2 saturated heterocycles. The molecule has 9 heteroatoms. The van der Waals surface area contributed by atoms with E-state index in [-0.39, 0.29) is 23.0 Å². The standard InChI is InChI=1S/C20H30FN3O4S/c1-2-11-22-20(25)24(18-9-14-28-15-10-18)17-7-12-23(13-8-17)29(26,27)19-5-3-16(21)4-6-19/h3-6,17-18H,2,7-15H2,1H3,(H,22,25). The number of ether oxygens (including phenoxy) is 1. The van der Waals surface area contributed by atoms with Gasteiger partial charge in [0.15, 0.2) is 0 Å². The summed E-state index contributed by atoms with van der Waals surface area (Å²) in [5.74, 6) is -0.465. The molecule has 7 nitrogen and oxygen atoms in total. The van der Waals surface area contributed by atoms with E-state index in [0.717, 1.165) is 31.4 Å². The van der Waals surface area contributed by atoms with E-state index in [1.807, 2.05) is 11.8 Å². The third-order valence-electron chi connectivity index (χ3n) is 5.61. The van der Waals surface area contributed by atoms with Crippen LogP contribution in [-0.2, 0) is 14.8 Å². The number of nitrogens with zero attached hydrogens (tertiary/aromatic N) is 2. The molecule has 0 radical (unpaired) electrons. The Hall–Kier alpha value is -1.71. The lowest BCUT2D eigenvalue weighted by molar-refractivity contribution is 0.0255. The lowest BCUT2D eigenvalue weighted by Gasteiger charge is -2.43. The molecular formula is C20H30FN3O4S. The quantitative estimate of drug-likeness (QED) is 0.757. The maximum atomic E-state index is 13.1. The first-order chi connectivity index (χ1) is 13.9. The fourth-order valence-electron chi connectivity index (χ4n) is 4.03. The number of nitrogens with one attached hydrogen (secondary N) is 1. The zero-order valence-corrected chi connectivity index (χ0v) is 17.7. The van der Waals surface area contributed by atoms with Crippen molar-refractivity contribution in [1.82, 2.24) is 14.5 Å². The maximum Gasteiger partial charge on any atom is 0.317 e. The summed E-state index contributed by atoms with van der Waals surface area (Å²) in [5, 5.41) is 2.98. The molecule has 2 fully saturated rings. The van der Waals surface area contributed by atoms with Crippen molar-refractivity contribution >= 4 is 16.1 Å². The Morgan fingerprint density at radius 2 is 1.72 bits per heavy atom. The third-order valence-corrected chi connectivity index (χ3v) is 7.53. The summed E-state index contributed by atoms with van der Waals surface area (Å²) in [6.07, 6.45) is 3.62. The first-order valence-electron chi connectivity index (χ1n) is 10.3. The first kappa shape index (κ1) is 22.0. The smallest absolute Gasteiger partial charge is 0.317 e. The monoisotopic (exact) mass is 427 g/mol. The fourth-order valence-corrected chi connectivity index (χ4v) is 5.50. The average Bonchev–Trinajstić information content (AvgIpc) is 2.74. The van der Waals surface area contributed by atoms with Crippen LogP contribution in [0.25, 0.3) is 0 Å². The molecule has 0 aliphatic carbocycles. The Labute approximate surface area is 172 Å². The molecule has 0 bridgehead atoms. The van der Waals surface area contributed by atoms with Crippen molar-refractivity contribution in [3.8, 4) is 0 Å². The van der Waals surface area contributed by atoms with Gasteiger partial charge in [-0.2, -0.15) is 4.31 Å². The molecule has 2 aliphatic heterocycles. The first-order valence-corrected chi connectivity index (χ1v) is 11.8. The molecule has 0 atom stereocenters. The van der Waals surface area contributed by atoms with E-state index in [2.05, 4.69) is 5.32 Å². The van der Waals surface area contributed by atoms with Crippen molar-refractivity contribution < 1.29 is 22.3 Å². The molecule has 3 rings (SSSR count). The van der Waals surface area contributed by atoms with E-state index < -0.39 is 15.8 Å². The van der Waals surface area contributed by atoms with Crippen LogP contribution in [0.4, 0.5) is 9.18 Å². The maximum absolute atomic E-state index is 13.1. The number of piperidine rings is 1. The molecule has 162 valence electrons. The SMILES string of the molecule is CCCNC(=O)N(C1CCOCC1)C1CCN(S(=O)(=O)c2ccc(F)cc2)CC1. The summed E-state index contributed by atoms with van der Waals surface area (Å²) < 4.78 is 45.7. The van der Waals surface area contributed by atoms with Crippen LogP contribution < -0.4 is 5.32 Å². The average molecular weight is 428 g/mol. The summed E-state index contributed by atoms with van der Waals surface area (Å²) in [6.45, 7) is 4.59.